The number of aromatic amines is 2. The molecule has 2 N–H and O–H groups in total. The number of H-pyrrole nitrogens is 2. The number of benzene rings is 2. The van der Waals surface area contributed by atoms with Gasteiger partial charge in [0.1, 0.15) is 5.69 Å². The maximum absolute atomic E-state index is 13.5. The van der Waals surface area contributed by atoms with Gasteiger partial charge in [0.15, 0.2) is 0 Å². The Hall–Kier alpha value is -3.71. The van der Waals surface area contributed by atoms with Gasteiger partial charge >= 0.3 is 0 Å². The van der Waals surface area contributed by atoms with Crippen LogP contribution in [0.4, 0.5) is 0 Å². The Labute approximate surface area is 198 Å². The van der Waals surface area contributed by atoms with Crippen molar-refractivity contribution < 1.29 is 4.79 Å². The standard InChI is InChI=1S/C26H20BrN5O/c27-19-9-7-16(8-10-19)23-22-24(31-30-23)26(33)32(25(22)18-4-3-12-28-14-18)13-11-17-15-29-21-6-2-1-5-20(17)21/h1-10,12,14-15,25,29H,11,13H2,(H,30,31)/t25-/m0/s1. The zero-order chi connectivity index (χ0) is 22.4. The van der Waals surface area contributed by atoms with Gasteiger partial charge in [0.25, 0.3) is 5.91 Å². The first kappa shape index (κ1) is 19.9. The second-order valence-corrected chi connectivity index (χ2v) is 9.08. The van der Waals surface area contributed by atoms with E-state index in [0.717, 1.165) is 38.8 Å². The second kappa shape index (κ2) is 8.01. The summed E-state index contributed by atoms with van der Waals surface area (Å²) in [6.45, 7) is 0.586. The quantitative estimate of drug-likeness (QED) is 0.336. The molecule has 7 heteroatoms. The number of rotatable bonds is 5. The molecular weight excluding hydrogens is 478 g/mol. The number of fused-ring (bicyclic) bond motifs is 2. The number of hydrogen-bond acceptors (Lipinski definition) is 3. The first-order chi connectivity index (χ1) is 16.2. The lowest BCUT2D eigenvalue weighted by Crippen LogP contribution is -2.31. The van der Waals surface area contributed by atoms with E-state index in [1.54, 1.807) is 6.20 Å². The molecule has 1 amide bonds. The largest absolute Gasteiger partial charge is 0.361 e. The van der Waals surface area contributed by atoms with E-state index in [1.165, 1.54) is 10.9 Å². The normalized spacial score (nSPS) is 15.4. The van der Waals surface area contributed by atoms with Gasteiger partial charge in [-0.3, -0.25) is 14.9 Å². The highest BCUT2D eigenvalue weighted by molar-refractivity contribution is 9.10. The third-order valence-corrected chi connectivity index (χ3v) is 6.81. The van der Waals surface area contributed by atoms with Gasteiger partial charge in [-0.1, -0.05) is 52.3 Å². The van der Waals surface area contributed by atoms with Crippen LogP contribution < -0.4 is 0 Å². The van der Waals surface area contributed by atoms with Crippen LogP contribution >= 0.6 is 15.9 Å². The van der Waals surface area contributed by atoms with E-state index in [0.29, 0.717) is 12.2 Å². The number of carbonyl (C=O) groups excluding carboxylic acids is 1. The molecule has 1 atom stereocenters. The summed E-state index contributed by atoms with van der Waals surface area (Å²) in [7, 11) is 0. The Morgan fingerprint density at radius 3 is 2.70 bits per heavy atom. The van der Waals surface area contributed by atoms with Crippen molar-refractivity contribution in [2.45, 2.75) is 12.5 Å². The number of nitrogens with one attached hydrogen (secondary N) is 2. The molecule has 0 radical (unpaired) electrons. The SMILES string of the molecule is O=C1c2[nH]nc(-c3ccc(Br)cc3)c2[C@H](c2cccnc2)N1CCc1c[nH]c2ccccc12. The highest BCUT2D eigenvalue weighted by atomic mass is 79.9. The summed E-state index contributed by atoms with van der Waals surface area (Å²) < 4.78 is 0.999. The third-order valence-electron chi connectivity index (χ3n) is 6.28. The topological polar surface area (TPSA) is 77.7 Å². The van der Waals surface area contributed by atoms with E-state index in [9.17, 15) is 4.79 Å². The van der Waals surface area contributed by atoms with Crippen molar-refractivity contribution >= 4 is 32.7 Å². The predicted octanol–water partition coefficient (Wildman–Crippen LogP) is 5.50. The molecule has 1 aliphatic heterocycles. The predicted molar refractivity (Wildman–Crippen MR) is 131 cm³/mol. The van der Waals surface area contributed by atoms with E-state index >= 15 is 0 Å². The van der Waals surface area contributed by atoms with Gasteiger partial charge in [-0.05, 0) is 41.8 Å². The molecule has 6 nitrogen and oxygen atoms in total. The van der Waals surface area contributed by atoms with Gasteiger partial charge in [-0.15, -0.1) is 0 Å². The van der Waals surface area contributed by atoms with Crippen LogP contribution in [-0.4, -0.2) is 37.5 Å². The van der Waals surface area contributed by atoms with E-state index in [-0.39, 0.29) is 11.9 Å². The maximum Gasteiger partial charge on any atom is 0.273 e. The summed E-state index contributed by atoms with van der Waals surface area (Å²) in [6, 6.07) is 19.9. The molecule has 4 heterocycles. The fourth-order valence-corrected chi connectivity index (χ4v) is 4.98. The van der Waals surface area contributed by atoms with Crippen LogP contribution in [0.2, 0.25) is 0 Å². The summed E-state index contributed by atoms with van der Waals surface area (Å²) in [5, 5.41) is 8.75. The van der Waals surface area contributed by atoms with Crippen molar-refractivity contribution in [3.05, 3.63) is 106 Å². The monoisotopic (exact) mass is 497 g/mol. The molecule has 33 heavy (non-hydrogen) atoms. The molecular formula is C26H20BrN5O. The molecule has 2 aromatic carbocycles. The minimum Gasteiger partial charge on any atom is -0.361 e. The zero-order valence-corrected chi connectivity index (χ0v) is 19.2. The Morgan fingerprint density at radius 2 is 1.88 bits per heavy atom. The summed E-state index contributed by atoms with van der Waals surface area (Å²) >= 11 is 3.49. The summed E-state index contributed by atoms with van der Waals surface area (Å²) in [4.78, 5) is 23.1. The van der Waals surface area contributed by atoms with Crippen molar-refractivity contribution in [3.8, 4) is 11.3 Å². The first-order valence-corrected chi connectivity index (χ1v) is 11.6. The number of amides is 1. The number of nitrogens with zero attached hydrogens (tertiary/aromatic N) is 3. The molecule has 0 bridgehead atoms. The fourth-order valence-electron chi connectivity index (χ4n) is 4.72. The van der Waals surface area contributed by atoms with Crippen LogP contribution in [0.1, 0.15) is 33.2 Å². The van der Waals surface area contributed by atoms with Crippen molar-refractivity contribution in [1.82, 2.24) is 25.1 Å². The lowest BCUT2D eigenvalue weighted by molar-refractivity contribution is 0.0746. The maximum atomic E-state index is 13.5. The Kier molecular flexibility index (Phi) is 4.84. The first-order valence-electron chi connectivity index (χ1n) is 10.8. The summed E-state index contributed by atoms with van der Waals surface area (Å²) in [5.74, 6) is -0.0328. The van der Waals surface area contributed by atoms with Gasteiger partial charge in [-0.25, -0.2) is 0 Å². The second-order valence-electron chi connectivity index (χ2n) is 8.16. The number of pyridine rings is 1. The molecule has 0 saturated carbocycles. The fraction of sp³-hybridized carbons (Fsp3) is 0.115. The molecule has 0 aliphatic carbocycles. The molecule has 162 valence electrons. The third kappa shape index (κ3) is 3.36. The number of aromatic nitrogens is 4. The van der Waals surface area contributed by atoms with E-state index in [2.05, 4.69) is 48.2 Å². The average molecular weight is 498 g/mol. The highest BCUT2D eigenvalue weighted by Gasteiger charge is 2.42. The lowest BCUT2D eigenvalue weighted by atomic mass is 9.97. The summed E-state index contributed by atoms with van der Waals surface area (Å²) in [5.41, 5.74) is 6.52. The van der Waals surface area contributed by atoms with Crippen LogP contribution in [-0.2, 0) is 6.42 Å². The Balaban J connectivity index is 1.40. The molecule has 0 spiro atoms. The van der Waals surface area contributed by atoms with Crippen molar-refractivity contribution in [3.63, 3.8) is 0 Å². The van der Waals surface area contributed by atoms with Crippen LogP contribution in [0, 0.1) is 0 Å². The van der Waals surface area contributed by atoms with Crippen LogP contribution in [0.15, 0.2) is 83.7 Å². The lowest BCUT2D eigenvalue weighted by Gasteiger charge is -2.26. The van der Waals surface area contributed by atoms with Gasteiger partial charge in [-0.2, -0.15) is 5.10 Å². The van der Waals surface area contributed by atoms with Crippen molar-refractivity contribution in [2.75, 3.05) is 6.54 Å². The van der Waals surface area contributed by atoms with Gasteiger partial charge < -0.3 is 9.88 Å². The number of carbonyl (C=O) groups is 1. The van der Waals surface area contributed by atoms with Crippen LogP contribution in [0.3, 0.4) is 0 Å². The molecule has 5 aromatic rings. The zero-order valence-electron chi connectivity index (χ0n) is 17.6. The molecule has 0 fully saturated rings. The highest BCUT2D eigenvalue weighted by Crippen LogP contribution is 2.42. The smallest absolute Gasteiger partial charge is 0.273 e. The van der Waals surface area contributed by atoms with Crippen molar-refractivity contribution in [1.29, 1.82) is 0 Å². The van der Waals surface area contributed by atoms with E-state index < -0.39 is 0 Å². The van der Waals surface area contributed by atoms with Gasteiger partial charge in [0, 0.05) is 51.6 Å². The molecule has 1 aliphatic rings. The molecule has 3 aromatic heterocycles. The number of hydrogen-bond donors (Lipinski definition) is 2. The Morgan fingerprint density at radius 1 is 1.03 bits per heavy atom. The average Bonchev–Trinajstić information content (AvgIpc) is 3.53. The van der Waals surface area contributed by atoms with Gasteiger partial charge in [0.2, 0.25) is 0 Å². The van der Waals surface area contributed by atoms with E-state index in [4.69, 9.17) is 0 Å². The van der Waals surface area contributed by atoms with Crippen LogP contribution in [0.25, 0.3) is 22.2 Å². The number of halogens is 1. The van der Waals surface area contributed by atoms with E-state index in [1.807, 2.05) is 65.8 Å². The molecule has 6 rings (SSSR count). The summed E-state index contributed by atoms with van der Waals surface area (Å²) in [6.07, 6.45) is 6.38. The van der Waals surface area contributed by atoms with Crippen molar-refractivity contribution in [2.24, 2.45) is 0 Å². The van der Waals surface area contributed by atoms with Crippen LogP contribution in [0.5, 0.6) is 0 Å². The minimum atomic E-state index is -0.246. The molecule has 0 saturated heterocycles. The number of para-hydroxylation sites is 1. The Bertz CT molecular complexity index is 1460. The van der Waals surface area contributed by atoms with Gasteiger partial charge in [0.05, 0.1) is 11.7 Å². The molecule has 0 unspecified atom stereocenters. The minimum absolute atomic E-state index is 0.0328.